The van der Waals surface area contributed by atoms with Crippen molar-refractivity contribution in [2.75, 3.05) is 11.2 Å². The molecule has 1 unspecified atom stereocenters. The number of benzene rings is 2. The van der Waals surface area contributed by atoms with E-state index in [1.165, 1.54) is 23.9 Å². The Balaban J connectivity index is 1.81. The van der Waals surface area contributed by atoms with E-state index in [2.05, 4.69) is 5.43 Å². The van der Waals surface area contributed by atoms with Crippen LogP contribution in [0, 0.1) is 0 Å². The van der Waals surface area contributed by atoms with Gasteiger partial charge in [0.15, 0.2) is 0 Å². The molecule has 1 saturated heterocycles. The number of anilines is 1. The molecule has 0 saturated carbocycles. The summed E-state index contributed by atoms with van der Waals surface area (Å²) in [5.74, 6) is 0.362. The lowest BCUT2D eigenvalue weighted by molar-refractivity contribution is -0.126. The number of nitrogens with zero attached hydrogens (tertiary/aromatic N) is 1. The highest BCUT2D eigenvalue weighted by molar-refractivity contribution is 8.00. The maximum absolute atomic E-state index is 12.1. The molecule has 120 valence electrons. The van der Waals surface area contributed by atoms with E-state index in [-0.39, 0.29) is 16.2 Å². The summed E-state index contributed by atoms with van der Waals surface area (Å²) >= 11 is 1.54. The van der Waals surface area contributed by atoms with Gasteiger partial charge in [-0.15, -0.1) is 11.8 Å². The Morgan fingerprint density at radius 1 is 1.09 bits per heavy atom. The number of amides is 1. The molecule has 8 heteroatoms. The highest BCUT2D eigenvalue weighted by Gasteiger charge is 2.33. The quantitative estimate of drug-likeness (QED) is 0.880. The molecule has 0 bridgehead atoms. The third-order valence-electron chi connectivity index (χ3n) is 3.39. The van der Waals surface area contributed by atoms with Crippen molar-refractivity contribution in [2.24, 2.45) is 5.14 Å². The number of hydrogen-bond acceptors (Lipinski definition) is 5. The van der Waals surface area contributed by atoms with E-state index in [0.717, 1.165) is 5.56 Å². The van der Waals surface area contributed by atoms with E-state index in [4.69, 9.17) is 5.14 Å². The summed E-state index contributed by atoms with van der Waals surface area (Å²) in [6.07, 6.45) is 0. The van der Waals surface area contributed by atoms with Crippen LogP contribution >= 0.6 is 11.8 Å². The third kappa shape index (κ3) is 3.49. The molecule has 3 N–H and O–H groups in total. The van der Waals surface area contributed by atoms with Crippen molar-refractivity contribution in [3.05, 3.63) is 60.2 Å². The molecular weight excluding hydrogens is 334 g/mol. The van der Waals surface area contributed by atoms with Crippen LogP contribution in [0.5, 0.6) is 0 Å². The molecule has 0 radical (unpaired) electrons. The van der Waals surface area contributed by atoms with Crippen LogP contribution in [-0.2, 0) is 14.8 Å². The molecule has 1 amide bonds. The van der Waals surface area contributed by atoms with E-state index in [0.29, 0.717) is 11.4 Å². The maximum Gasteiger partial charge on any atom is 0.252 e. The van der Waals surface area contributed by atoms with Gasteiger partial charge in [-0.05, 0) is 29.8 Å². The molecular formula is C15H15N3O3S2. The second-order valence-electron chi connectivity index (χ2n) is 5.02. The summed E-state index contributed by atoms with van der Waals surface area (Å²) in [7, 11) is -3.72. The van der Waals surface area contributed by atoms with Crippen molar-refractivity contribution in [2.45, 2.75) is 10.3 Å². The summed E-state index contributed by atoms with van der Waals surface area (Å²) in [5.41, 5.74) is 4.69. The highest BCUT2D eigenvalue weighted by atomic mass is 32.2. The molecule has 0 aromatic heterocycles. The Morgan fingerprint density at radius 2 is 1.74 bits per heavy atom. The van der Waals surface area contributed by atoms with Crippen LogP contribution in [0.2, 0.25) is 0 Å². The predicted octanol–water partition coefficient (Wildman–Crippen LogP) is 1.94. The van der Waals surface area contributed by atoms with Crippen molar-refractivity contribution >= 4 is 33.4 Å². The maximum atomic E-state index is 12.1. The Bertz CT molecular complexity index is 808. The fourth-order valence-electron chi connectivity index (χ4n) is 2.27. The van der Waals surface area contributed by atoms with Crippen LogP contribution in [0.25, 0.3) is 0 Å². The summed E-state index contributed by atoms with van der Waals surface area (Å²) in [6, 6.07) is 15.7. The SMILES string of the molecule is NS(=O)(=O)c1ccc(NN2C(=O)CSC2c2ccccc2)cc1. The number of nitrogens with one attached hydrogen (secondary N) is 1. The highest BCUT2D eigenvalue weighted by Crippen LogP contribution is 2.38. The van der Waals surface area contributed by atoms with Crippen molar-refractivity contribution in [1.82, 2.24) is 5.01 Å². The largest absolute Gasteiger partial charge is 0.295 e. The first-order valence-corrected chi connectivity index (χ1v) is 9.43. The molecule has 1 fully saturated rings. The number of hydrazine groups is 1. The van der Waals surface area contributed by atoms with Gasteiger partial charge in [-0.1, -0.05) is 30.3 Å². The van der Waals surface area contributed by atoms with Crippen LogP contribution in [0.3, 0.4) is 0 Å². The first-order chi connectivity index (χ1) is 10.9. The number of carbonyl (C=O) groups excluding carboxylic acids is 1. The molecule has 23 heavy (non-hydrogen) atoms. The van der Waals surface area contributed by atoms with Gasteiger partial charge in [0.25, 0.3) is 5.91 Å². The van der Waals surface area contributed by atoms with E-state index in [9.17, 15) is 13.2 Å². The van der Waals surface area contributed by atoms with Gasteiger partial charge < -0.3 is 0 Å². The van der Waals surface area contributed by atoms with E-state index >= 15 is 0 Å². The number of sulfonamides is 1. The average molecular weight is 349 g/mol. The van der Waals surface area contributed by atoms with Crippen molar-refractivity contribution in [1.29, 1.82) is 0 Å². The van der Waals surface area contributed by atoms with Gasteiger partial charge in [-0.3, -0.25) is 10.2 Å². The summed E-state index contributed by atoms with van der Waals surface area (Å²) in [6.45, 7) is 0. The van der Waals surface area contributed by atoms with Gasteiger partial charge in [0.2, 0.25) is 10.0 Å². The van der Waals surface area contributed by atoms with Crippen LogP contribution in [-0.4, -0.2) is 25.1 Å². The molecule has 3 rings (SSSR count). The second-order valence-corrected chi connectivity index (χ2v) is 7.65. The Morgan fingerprint density at radius 3 is 2.35 bits per heavy atom. The minimum Gasteiger partial charge on any atom is -0.295 e. The van der Waals surface area contributed by atoms with Crippen LogP contribution in [0.15, 0.2) is 59.5 Å². The molecule has 2 aromatic carbocycles. The van der Waals surface area contributed by atoms with Crippen molar-refractivity contribution in [3.8, 4) is 0 Å². The Kier molecular flexibility index (Phi) is 4.29. The lowest BCUT2D eigenvalue weighted by Crippen LogP contribution is -2.33. The molecule has 0 spiro atoms. The van der Waals surface area contributed by atoms with Crippen LogP contribution in [0.1, 0.15) is 10.9 Å². The molecule has 0 aliphatic carbocycles. The zero-order valence-corrected chi connectivity index (χ0v) is 13.7. The zero-order chi connectivity index (χ0) is 16.4. The van der Waals surface area contributed by atoms with Gasteiger partial charge in [-0.2, -0.15) is 0 Å². The topological polar surface area (TPSA) is 92.5 Å². The molecule has 1 aliphatic heterocycles. The van der Waals surface area contributed by atoms with Gasteiger partial charge in [-0.25, -0.2) is 18.6 Å². The summed E-state index contributed by atoms with van der Waals surface area (Å²) < 4.78 is 22.5. The molecule has 1 aliphatic rings. The Hall–Kier alpha value is -2.03. The number of primary sulfonamides is 1. The van der Waals surface area contributed by atoms with Gasteiger partial charge >= 0.3 is 0 Å². The average Bonchev–Trinajstić information content (AvgIpc) is 2.89. The smallest absolute Gasteiger partial charge is 0.252 e. The lowest BCUT2D eigenvalue weighted by atomic mass is 10.2. The first kappa shape index (κ1) is 15.9. The van der Waals surface area contributed by atoms with Crippen LogP contribution < -0.4 is 10.6 Å². The molecule has 6 nitrogen and oxygen atoms in total. The van der Waals surface area contributed by atoms with Crippen molar-refractivity contribution in [3.63, 3.8) is 0 Å². The van der Waals surface area contributed by atoms with E-state index in [1.54, 1.807) is 17.1 Å². The number of hydrogen-bond donors (Lipinski definition) is 2. The fourth-order valence-corrected chi connectivity index (χ4v) is 3.89. The van der Waals surface area contributed by atoms with E-state index in [1.807, 2.05) is 30.3 Å². The first-order valence-electron chi connectivity index (χ1n) is 6.83. The monoisotopic (exact) mass is 349 g/mol. The Labute approximate surface area is 138 Å². The second kappa shape index (κ2) is 6.23. The third-order valence-corrected chi connectivity index (χ3v) is 5.53. The minimum atomic E-state index is -3.72. The number of rotatable bonds is 4. The van der Waals surface area contributed by atoms with Crippen LogP contribution in [0.4, 0.5) is 5.69 Å². The van der Waals surface area contributed by atoms with Gasteiger partial charge in [0.1, 0.15) is 5.37 Å². The number of carbonyl (C=O) groups is 1. The van der Waals surface area contributed by atoms with Gasteiger partial charge in [0, 0.05) is 0 Å². The number of nitrogens with two attached hydrogens (primary N) is 1. The summed E-state index contributed by atoms with van der Waals surface area (Å²) in [4.78, 5) is 12.1. The minimum absolute atomic E-state index is 0.0284. The zero-order valence-electron chi connectivity index (χ0n) is 12.0. The normalized spacial score (nSPS) is 18.2. The predicted molar refractivity (Wildman–Crippen MR) is 89.9 cm³/mol. The lowest BCUT2D eigenvalue weighted by Gasteiger charge is -2.25. The standard InChI is InChI=1S/C15H15N3O3S2/c16-23(20,21)13-8-6-12(7-9-13)17-18-14(19)10-22-15(18)11-4-2-1-3-5-11/h1-9,15,17H,10H2,(H2,16,20,21). The summed E-state index contributed by atoms with van der Waals surface area (Å²) in [5, 5.41) is 6.51. The fraction of sp³-hybridized carbons (Fsp3) is 0.133. The van der Waals surface area contributed by atoms with E-state index < -0.39 is 10.0 Å². The molecule has 1 heterocycles. The molecule has 1 atom stereocenters. The van der Waals surface area contributed by atoms with Crippen molar-refractivity contribution < 1.29 is 13.2 Å². The molecule has 2 aromatic rings. The van der Waals surface area contributed by atoms with Gasteiger partial charge in [0.05, 0.1) is 16.3 Å². The number of thioether (sulfide) groups is 1.